The van der Waals surface area contributed by atoms with Gasteiger partial charge in [0.1, 0.15) is 12.3 Å². The van der Waals surface area contributed by atoms with Crippen LogP contribution in [0, 0.1) is 0 Å². The van der Waals surface area contributed by atoms with Gasteiger partial charge in [0.2, 0.25) is 5.88 Å². The van der Waals surface area contributed by atoms with E-state index in [-0.39, 0.29) is 18.6 Å². The van der Waals surface area contributed by atoms with Crippen molar-refractivity contribution in [3.63, 3.8) is 0 Å². The zero-order valence-corrected chi connectivity index (χ0v) is 14.6. The highest BCUT2D eigenvalue weighted by Crippen LogP contribution is 2.26. The highest BCUT2D eigenvalue weighted by molar-refractivity contribution is 5.92. The first-order chi connectivity index (χ1) is 12.6. The molecule has 134 valence electrons. The molecule has 9 heteroatoms. The standard InChI is InChI=1S/C17H19N7O2/c1-12-16-20-19-14(11-26-15-5-3-4-7-18-15)24(16)10-9-23(12)17(25)13-6-8-22(2)21-13/h3-8,12H,9-11H2,1-2H3/t12-/m1/s1. The number of carbonyl (C=O) groups is 1. The number of ether oxygens (including phenoxy) is 1. The van der Waals surface area contributed by atoms with Crippen LogP contribution >= 0.6 is 0 Å². The summed E-state index contributed by atoms with van der Waals surface area (Å²) in [6.07, 6.45) is 3.44. The molecule has 4 heterocycles. The quantitative estimate of drug-likeness (QED) is 0.700. The van der Waals surface area contributed by atoms with E-state index >= 15 is 0 Å². The maximum Gasteiger partial charge on any atom is 0.275 e. The second kappa shape index (κ2) is 6.58. The van der Waals surface area contributed by atoms with E-state index < -0.39 is 0 Å². The lowest BCUT2D eigenvalue weighted by Crippen LogP contribution is -2.41. The van der Waals surface area contributed by atoms with Crippen LogP contribution in [0.25, 0.3) is 0 Å². The molecule has 4 rings (SSSR count). The molecular weight excluding hydrogens is 334 g/mol. The third kappa shape index (κ3) is 2.92. The summed E-state index contributed by atoms with van der Waals surface area (Å²) in [6, 6.07) is 7.03. The molecule has 0 spiro atoms. The predicted octanol–water partition coefficient (Wildman–Crippen LogP) is 1.20. The summed E-state index contributed by atoms with van der Waals surface area (Å²) < 4.78 is 9.30. The minimum absolute atomic E-state index is 0.0985. The molecule has 0 fully saturated rings. The van der Waals surface area contributed by atoms with Gasteiger partial charge in [-0.25, -0.2) is 4.98 Å². The molecule has 1 aliphatic rings. The summed E-state index contributed by atoms with van der Waals surface area (Å²) in [5, 5.41) is 12.7. The Bertz CT molecular complexity index is 918. The first-order valence-electron chi connectivity index (χ1n) is 8.40. The Balaban J connectivity index is 1.50. The molecule has 0 unspecified atom stereocenters. The lowest BCUT2D eigenvalue weighted by atomic mass is 10.2. The molecule has 0 aromatic carbocycles. The summed E-state index contributed by atoms with van der Waals surface area (Å²) >= 11 is 0. The number of amides is 1. The van der Waals surface area contributed by atoms with Gasteiger partial charge in [-0.05, 0) is 19.1 Å². The summed E-state index contributed by atoms with van der Waals surface area (Å²) in [7, 11) is 1.79. The van der Waals surface area contributed by atoms with Gasteiger partial charge in [-0.15, -0.1) is 10.2 Å². The third-order valence-corrected chi connectivity index (χ3v) is 4.44. The molecule has 0 radical (unpaired) electrons. The minimum Gasteiger partial charge on any atom is -0.469 e. The van der Waals surface area contributed by atoms with Crippen LogP contribution in [0.3, 0.4) is 0 Å². The Morgan fingerprint density at radius 1 is 1.27 bits per heavy atom. The molecule has 0 saturated carbocycles. The molecule has 1 atom stereocenters. The van der Waals surface area contributed by atoms with Gasteiger partial charge in [-0.2, -0.15) is 5.10 Å². The summed E-state index contributed by atoms with van der Waals surface area (Å²) in [5.41, 5.74) is 0.436. The minimum atomic E-state index is -0.186. The molecule has 3 aromatic rings. The van der Waals surface area contributed by atoms with Crippen molar-refractivity contribution in [3.05, 3.63) is 54.0 Å². The molecule has 3 aromatic heterocycles. The van der Waals surface area contributed by atoms with Crippen LogP contribution < -0.4 is 4.74 Å². The number of nitrogens with zero attached hydrogens (tertiary/aromatic N) is 7. The molecule has 9 nitrogen and oxygen atoms in total. The zero-order valence-electron chi connectivity index (χ0n) is 14.6. The predicted molar refractivity (Wildman–Crippen MR) is 91.3 cm³/mol. The van der Waals surface area contributed by atoms with Gasteiger partial charge in [0, 0.05) is 38.6 Å². The molecular formula is C17H19N7O2. The van der Waals surface area contributed by atoms with E-state index in [1.165, 1.54) is 0 Å². The second-order valence-electron chi connectivity index (χ2n) is 6.13. The third-order valence-electron chi connectivity index (χ3n) is 4.44. The maximum atomic E-state index is 12.7. The van der Waals surface area contributed by atoms with E-state index in [9.17, 15) is 4.79 Å². The van der Waals surface area contributed by atoms with Gasteiger partial charge in [0.15, 0.2) is 11.6 Å². The average molecular weight is 353 g/mol. The lowest BCUT2D eigenvalue weighted by Gasteiger charge is -2.33. The van der Waals surface area contributed by atoms with Crippen LogP contribution in [0.1, 0.15) is 35.1 Å². The van der Waals surface area contributed by atoms with Gasteiger partial charge in [-0.3, -0.25) is 9.48 Å². The van der Waals surface area contributed by atoms with E-state index in [4.69, 9.17) is 4.74 Å². The van der Waals surface area contributed by atoms with Crippen molar-refractivity contribution in [2.24, 2.45) is 7.05 Å². The van der Waals surface area contributed by atoms with Crippen LogP contribution in [0.2, 0.25) is 0 Å². The van der Waals surface area contributed by atoms with Crippen LogP contribution in [-0.4, -0.2) is 46.9 Å². The number of carbonyl (C=O) groups excluding carboxylic acids is 1. The fourth-order valence-electron chi connectivity index (χ4n) is 3.07. The molecule has 0 aliphatic carbocycles. The first kappa shape index (κ1) is 16.2. The Morgan fingerprint density at radius 2 is 2.15 bits per heavy atom. The Kier molecular flexibility index (Phi) is 4.11. The SMILES string of the molecule is C[C@@H]1c2nnc(COc3ccccn3)n2CCN1C(=O)c1ccn(C)n1. The fourth-order valence-corrected chi connectivity index (χ4v) is 3.07. The van der Waals surface area contributed by atoms with Crippen molar-refractivity contribution in [1.29, 1.82) is 0 Å². The second-order valence-corrected chi connectivity index (χ2v) is 6.13. The van der Waals surface area contributed by atoms with Crippen LogP contribution in [0.4, 0.5) is 0 Å². The van der Waals surface area contributed by atoms with E-state index in [0.29, 0.717) is 24.7 Å². The topological polar surface area (TPSA) is 91.0 Å². The average Bonchev–Trinajstić information content (AvgIpc) is 3.27. The largest absolute Gasteiger partial charge is 0.469 e. The smallest absolute Gasteiger partial charge is 0.275 e. The summed E-state index contributed by atoms with van der Waals surface area (Å²) in [4.78, 5) is 18.6. The van der Waals surface area contributed by atoms with Crippen molar-refractivity contribution >= 4 is 5.91 Å². The normalized spacial score (nSPS) is 16.4. The summed E-state index contributed by atoms with van der Waals surface area (Å²) in [6.45, 7) is 3.42. The lowest BCUT2D eigenvalue weighted by molar-refractivity contribution is 0.0627. The molecule has 1 aliphatic heterocycles. The molecule has 26 heavy (non-hydrogen) atoms. The van der Waals surface area contributed by atoms with E-state index in [2.05, 4.69) is 20.3 Å². The molecule has 0 bridgehead atoms. The van der Waals surface area contributed by atoms with Crippen molar-refractivity contribution < 1.29 is 9.53 Å². The summed E-state index contributed by atoms with van der Waals surface area (Å²) in [5.74, 6) is 1.92. The number of rotatable bonds is 4. The van der Waals surface area contributed by atoms with E-state index in [0.717, 1.165) is 11.6 Å². The highest BCUT2D eigenvalue weighted by atomic mass is 16.5. The van der Waals surface area contributed by atoms with Crippen molar-refractivity contribution in [1.82, 2.24) is 34.4 Å². The highest BCUT2D eigenvalue weighted by Gasteiger charge is 2.32. The van der Waals surface area contributed by atoms with Crippen molar-refractivity contribution in [2.75, 3.05) is 6.54 Å². The molecule has 0 saturated heterocycles. The molecule has 0 N–H and O–H groups in total. The van der Waals surface area contributed by atoms with E-state index in [1.807, 2.05) is 23.6 Å². The van der Waals surface area contributed by atoms with Gasteiger partial charge in [-0.1, -0.05) is 6.07 Å². The van der Waals surface area contributed by atoms with Gasteiger partial charge < -0.3 is 14.2 Å². The maximum absolute atomic E-state index is 12.7. The van der Waals surface area contributed by atoms with Crippen LogP contribution in [0.15, 0.2) is 36.7 Å². The van der Waals surface area contributed by atoms with Gasteiger partial charge in [0.25, 0.3) is 5.91 Å². The van der Waals surface area contributed by atoms with Crippen LogP contribution in [-0.2, 0) is 20.2 Å². The molecule has 1 amide bonds. The van der Waals surface area contributed by atoms with E-state index in [1.54, 1.807) is 41.2 Å². The van der Waals surface area contributed by atoms with Gasteiger partial charge >= 0.3 is 0 Å². The first-order valence-corrected chi connectivity index (χ1v) is 8.40. The number of hydrogen-bond donors (Lipinski definition) is 0. The monoisotopic (exact) mass is 353 g/mol. The fraction of sp³-hybridized carbons (Fsp3) is 0.353. The number of hydrogen-bond acceptors (Lipinski definition) is 6. The van der Waals surface area contributed by atoms with Crippen LogP contribution in [0.5, 0.6) is 5.88 Å². The van der Waals surface area contributed by atoms with Crippen molar-refractivity contribution in [2.45, 2.75) is 26.1 Å². The van der Waals surface area contributed by atoms with Gasteiger partial charge in [0.05, 0.1) is 6.04 Å². The number of aromatic nitrogens is 6. The number of pyridine rings is 1. The Labute approximate surface area is 150 Å². The zero-order chi connectivity index (χ0) is 18.1. The Hall–Kier alpha value is -3.23. The number of aryl methyl sites for hydroxylation is 1. The Morgan fingerprint density at radius 3 is 2.88 bits per heavy atom. The van der Waals surface area contributed by atoms with Crippen molar-refractivity contribution in [3.8, 4) is 5.88 Å². The number of fused-ring (bicyclic) bond motifs is 1.